The average molecular weight is 234 g/mol. The molecule has 1 aromatic heterocycles. The largest absolute Gasteiger partial charge is 0.339 e. The molecule has 1 heterocycles. The summed E-state index contributed by atoms with van der Waals surface area (Å²) in [4.78, 5) is 18.0. The van der Waals surface area contributed by atoms with Crippen LogP contribution in [0.25, 0.3) is 0 Å². The van der Waals surface area contributed by atoms with Crippen LogP contribution in [0.5, 0.6) is 0 Å². The lowest BCUT2D eigenvalue weighted by Gasteiger charge is -2.24. The number of hydrogen-bond acceptors (Lipinski definition) is 4. The second kappa shape index (κ2) is 4.71. The Morgan fingerprint density at radius 2 is 2.29 bits per heavy atom. The zero-order valence-electron chi connectivity index (χ0n) is 10.2. The normalized spacial score (nSPS) is 16.4. The first-order valence-corrected chi connectivity index (χ1v) is 5.83. The van der Waals surface area contributed by atoms with E-state index in [2.05, 4.69) is 17.3 Å². The highest BCUT2D eigenvalue weighted by molar-refractivity contribution is 5.94. The van der Waals surface area contributed by atoms with Crippen molar-refractivity contribution >= 4 is 11.7 Å². The van der Waals surface area contributed by atoms with Crippen LogP contribution in [0.2, 0.25) is 0 Å². The Morgan fingerprint density at radius 3 is 2.76 bits per heavy atom. The fraction of sp³-hybridized carbons (Fsp3) is 0.500. The third-order valence-electron chi connectivity index (χ3n) is 3.39. The van der Waals surface area contributed by atoms with E-state index in [1.54, 1.807) is 23.2 Å². The number of nitrogens with one attached hydrogen (secondary N) is 1. The minimum Gasteiger partial charge on any atom is -0.339 e. The van der Waals surface area contributed by atoms with Gasteiger partial charge in [0.15, 0.2) is 0 Å². The molecule has 1 saturated carbocycles. The molecule has 0 aliphatic heterocycles. The van der Waals surface area contributed by atoms with E-state index in [0.717, 1.165) is 0 Å². The van der Waals surface area contributed by atoms with Gasteiger partial charge in [0.1, 0.15) is 5.82 Å². The van der Waals surface area contributed by atoms with Crippen LogP contribution >= 0.6 is 0 Å². The molecule has 5 nitrogen and oxygen atoms in total. The topological polar surface area (TPSA) is 71.2 Å². The first-order chi connectivity index (χ1) is 8.13. The van der Waals surface area contributed by atoms with Crippen molar-refractivity contribution in [1.29, 1.82) is 0 Å². The Kier molecular flexibility index (Phi) is 3.28. The van der Waals surface area contributed by atoms with Gasteiger partial charge >= 0.3 is 0 Å². The number of pyridine rings is 1. The van der Waals surface area contributed by atoms with Gasteiger partial charge in [0.05, 0.1) is 5.56 Å². The SMILES string of the molecule is CC(C1CC1)N(C)C(=O)c1ccc(NN)nc1. The Bertz CT molecular complexity index is 399. The number of carbonyl (C=O) groups is 1. The van der Waals surface area contributed by atoms with Crippen molar-refractivity contribution in [2.24, 2.45) is 11.8 Å². The van der Waals surface area contributed by atoms with Gasteiger partial charge in [-0.2, -0.15) is 0 Å². The maximum Gasteiger partial charge on any atom is 0.255 e. The summed E-state index contributed by atoms with van der Waals surface area (Å²) in [5, 5.41) is 0. The monoisotopic (exact) mass is 234 g/mol. The predicted molar refractivity (Wildman–Crippen MR) is 66.3 cm³/mol. The number of anilines is 1. The molecule has 1 fully saturated rings. The smallest absolute Gasteiger partial charge is 0.255 e. The molecule has 5 heteroatoms. The van der Waals surface area contributed by atoms with Crippen LogP contribution < -0.4 is 11.3 Å². The summed E-state index contributed by atoms with van der Waals surface area (Å²) in [5.41, 5.74) is 3.03. The van der Waals surface area contributed by atoms with Crippen LogP contribution in [-0.2, 0) is 0 Å². The number of carbonyl (C=O) groups excluding carboxylic acids is 1. The second-order valence-corrected chi connectivity index (χ2v) is 4.57. The minimum absolute atomic E-state index is 0.0143. The standard InChI is InChI=1S/C12H18N4O/c1-8(9-3-4-9)16(2)12(17)10-5-6-11(15-13)14-7-10/h5-9H,3-4,13H2,1-2H3,(H,14,15). The van der Waals surface area contributed by atoms with Crippen LogP contribution in [0.1, 0.15) is 30.1 Å². The zero-order valence-corrected chi connectivity index (χ0v) is 10.2. The number of hydrogen-bond donors (Lipinski definition) is 2. The first kappa shape index (κ1) is 11.9. The van der Waals surface area contributed by atoms with Crippen molar-refractivity contribution in [2.75, 3.05) is 12.5 Å². The van der Waals surface area contributed by atoms with Crippen molar-refractivity contribution in [1.82, 2.24) is 9.88 Å². The van der Waals surface area contributed by atoms with Crippen LogP contribution in [0.4, 0.5) is 5.82 Å². The average Bonchev–Trinajstić information content (AvgIpc) is 3.20. The van der Waals surface area contributed by atoms with Gasteiger partial charge in [-0.25, -0.2) is 10.8 Å². The Morgan fingerprint density at radius 1 is 1.59 bits per heavy atom. The molecule has 1 aromatic rings. The second-order valence-electron chi connectivity index (χ2n) is 4.57. The van der Waals surface area contributed by atoms with Crippen molar-refractivity contribution in [3.05, 3.63) is 23.9 Å². The van der Waals surface area contributed by atoms with Gasteiger partial charge in [-0.05, 0) is 37.8 Å². The maximum absolute atomic E-state index is 12.2. The van der Waals surface area contributed by atoms with E-state index < -0.39 is 0 Å². The molecule has 1 aliphatic rings. The van der Waals surface area contributed by atoms with Crippen LogP contribution in [0, 0.1) is 5.92 Å². The van der Waals surface area contributed by atoms with E-state index in [-0.39, 0.29) is 5.91 Å². The lowest BCUT2D eigenvalue weighted by Crippen LogP contribution is -2.36. The highest BCUT2D eigenvalue weighted by atomic mass is 16.2. The highest BCUT2D eigenvalue weighted by Crippen LogP contribution is 2.35. The molecule has 2 rings (SSSR count). The molecule has 3 N–H and O–H groups in total. The van der Waals surface area contributed by atoms with Crippen molar-refractivity contribution in [3.8, 4) is 0 Å². The third kappa shape index (κ3) is 2.55. The number of aromatic nitrogens is 1. The van der Waals surface area contributed by atoms with Gasteiger partial charge < -0.3 is 10.3 Å². The molecule has 0 bridgehead atoms. The molecular formula is C12H18N4O. The van der Waals surface area contributed by atoms with Gasteiger partial charge in [-0.3, -0.25) is 4.79 Å². The lowest BCUT2D eigenvalue weighted by molar-refractivity contribution is 0.0727. The molecule has 0 aromatic carbocycles. The lowest BCUT2D eigenvalue weighted by atomic mass is 10.1. The number of hydrazine groups is 1. The van der Waals surface area contributed by atoms with Gasteiger partial charge in [-0.15, -0.1) is 0 Å². The van der Waals surface area contributed by atoms with E-state index in [1.165, 1.54) is 12.8 Å². The molecule has 0 radical (unpaired) electrons. The van der Waals surface area contributed by atoms with Gasteiger partial charge in [-0.1, -0.05) is 0 Å². The molecule has 0 saturated heterocycles. The van der Waals surface area contributed by atoms with Gasteiger partial charge in [0.2, 0.25) is 0 Å². The first-order valence-electron chi connectivity index (χ1n) is 5.83. The summed E-state index contributed by atoms with van der Waals surface area (Å²) in [7, 11) is 1.85. The highest BCUT2D eigenvalue weighted by Gasteiger charge is 2.32. The molecule has 1 amide bonds. The summed E-state index contributed by atoms with van der Waals surface area (Å²) in [5.74, 6) is 6.46. The molecular weight excluding hydrogens is 216 g/mol. The maximum atomic E-state index is 12.2. The number of rotatable bonds is 4. The summed E-state index contributed by atoms with van der Waals surface area (Å²) in [6, 6.07) is 3.73. The molecule has 17 heavy (non-hydrogen) atoms. The van der Waals surface area contributed by atoms with Crippen molar-refractivity contribution in [2.45, 2.75) is 25.8 Å². The molecule has 92 valence electrons. The quantitative estimate of drug-likeness (QED) is 0.607. The Labute approximate surface area is 101 Å². The third-order valence-corrected chi connectivity index (χ3v) is 3.39. The molecule has 1 atom stereocenters. The molecule has 0 spiro atoms. The van der Waals surface area contributed by atoms with Crippen LogP contribution in [0.3, 0.4) is 0 Å². The molecule has 1 aliphatic carbocycles. The number of amides is 1. The summed E-state index contributed by atoms with van der Waals surface area (Å²) in [6.45, 7) is 2.10. The Hall–Kier alpha value is -1.62. The van der Waals surface area contributed by atoms with Gasteiger partial charge in [0, 0.05) is 19.3 Å². The van der Waals surface area contributed by atoms with E-state index in [9.17, 15) is 4.79 Å². The van der Waals surface area contributed by atoms with E-state index in [4.69, 9.17) is 5.84 Å². The Balaban J connectivity index is 2.06. The van der Waals surface area contributed by atoms with Crippen LogP contribution in [0.15, 0.2) is 18.3 Å². The van der Waals surface area contributed by atoms with E-state index in [0.29, 0.717) is 23.3 Å². The number of nitrogens with zero attached hydrogens (tertiary/aromatic N) is 2. The molecule has 1 unspecified atom stereocenters. The van der Waals surface area contributed by atoms with Crippen molar-refractivity contribution < 1.29 is 4.79 Å². The summed E-state index contributed by atoms with van der Waals surface area (Å²) in [6.07, 6.45) is 4.01. The minimum atomic E-state index is 0.0143. The fourth-order valence-corrected chi connectivity index (χ4v) is 1.89. The number of nitrogens with two attached hydrogens (primary N) is 1. The number of nitrogen functional groups attached to an aromatic ring is 1. The van der Waals surface area contributed by atoms with E-state index in [1.807, 2.05) is 7.05 Å². The fourth-order valence-electron chi connectivity index (χ4n) is 1.89. The predicted octanol–water partition coefficient (Wildman–Crippen LogP) is 1.24. The van der Waals surface area contributed by atoms with Crippen molar-refractivity contribution in [3.63, 3.8) is 0 Å². The van der Waals surface area contributed by atoms with E-state index >= 15 is 0 Å². The summed E-state index contributed by atoms with van der Waals surface area (Å²) >= 11 is 0. The summed E-state index contributed by atoms with van der Waals surface area (Å²) < 4.78 is 0. The van der Waals surface area contributed by atoms with Gasteiger partial charge in [0.25, 0.3) is 5.91 Å². The van der Waals surface area contributed by atoms with Crippen LogP contribution in [-0.4, -0.2) is 28.9 Å². The zero-order chi connectivity index (χ0) is 12.4.